The van der Waals surface area contributed by atoms with Gasteiger partial charge in [0, 0.05) is 34.9 Å². The lowest BCUT2D eigenvalue weighted by Crippen LogP contribution is -2.03. The van der Waals surface area contributed by atoms with Crippen LogP contribution < -0.4 is 20.3 Å². The van der Waals surface area contributed by atoms with Gasteiger partial charge in [0.1, 0.15) is 16.5 Å². The monoisotopic (exact) mass is 384 g/mol. The molecular weight excluding hydrogens is 368 g/mol. The van der Waals surface area contributed by atoms with Crippen LogP contribution in [0.5, 0.6) is 11.5 Å². The molecule has 0 atom stereocenters. The van der Waals surface area contributed by atoms with Crippen LogP contribution >= 0.6 is 11.6 Å². The van der Waals surface area contributed by atoms with E-state index in [-0.39, 0.29) is 15.9 Å². The van der Waals surface area contributed by atoms with Crippen LogP contribution in [0.1, 0.15) is 0 Å². The van der Waals surface area contributed by atoms with Gasteiger partial charge in [0.2, 0.25) is 5.43 Å². The number of methoxy groups -OCH3 is 2. The van der Waals surface area contributed by atoms with Crippen molar-refractivity contribution in [3.8, 4) is 11.5 Å². The first-order valence-corrected chi connectivity index (χ1v) is 8.41. The van der Waals surface area contributed by atoms with Crippen molar-refractivity contribution in [3.63, 3.8) is 0 Å². The van der Waals surface area contributed by atoms with E-state index in [1.807, 2.05) is 12.1 Å². The molecule has 0 amide bonds. The molecule has 7 heteroatoms. The third kappa shape index (κ3) is 3.96. The van der Waals surface area contributed by atoms with E-state index in [1.54, 1.807) is 44.7 Å². The lowest BCUT2D eigenvalue weighted by atomic mass is 10.2. The molecule has 0 aliphatic carbocycles. The van der Waals surface area contributed by atoms with Gasteiger partial charge in [0.25, 0.3) is 0 Å². The number of benzene rings is 2. The number of pyridine rings is 2. The summed E-state index contributed by atoms with van der Waals surface area (Å²) in [5.41, 5.74) is 1.40. The van der Waals surface area contributed by atoms with E-state index in [4.69, 9.17) is 21.1 Å². The largest absolute Gasteiger partial charge is 0.497 e. The average Bonchev–Trinajstić information content (AvgIpc) is 2.71. The number of ether oxygens (including phenoxy) is 2. The zero-order chi connectivity index (χ0) is 19.4. The minimum atomic E-state index is -0.181. The average molecular weight is 385 g/mol. The molecule has 0 bridgehead atoms. The summed E-state index contributed by atoms with van der Waals surface area (Å²) >= 11 is 5.70. The van der Waals surface area contributed by atoms with Gasteiger partial charge in [-0.1, -0.05) is 11.6 Å². The number of hydrogen-bond acceptors (Lipinski definition) is 4. The Hall–Kier alpha value is -3.25. The fraction of sp³-hybridized carbons (Fsp3) is 0.100. The van der Waals surface area contributed by atoms with Crippen molar-refractivity contribution >= 4 is 33.4 Å². The molecule has 2 aromatic carbocycles. The number of nitrogens with one attached hydrogen (secondary N) is 2. The zero-order valence-corrected chi connectivity index (χ0v) is 15.5. The van der Waals surface area contributed by atoms with Crippen LogP contribution in [-0.4, -0.2) is 24.2 Å². The van der Waals surface area contributed by atoms with Gasteiger partial charge >= 0.3 is 0 Å². The topological polar surface area (TPSA) is 84.2 Å². The Kier molecular flexibility index (Phi) is 5.47. The highest BCUT2D eigenvalue weighted by molar-refractivity contribution is 6.31. The van der Waals surface area contributed by atoms with E-state index < -0.39 is 0 Å². The van der Waals surface area contributed by atoms with Crippen molar-refractivity contribution in [2.24, 2.45) is 0 Å². The molecule has 2 heterocycles. The third-order valence-electron chi connectivity index (χ3n) is 4.01. The Labute approximate surface area is 159 Å². The summed E-state index contributed by atoms with van der Waals surface area (Å²) in [6.45, 7) is 0. The van der Waals surface area contributed by atoms with Crippen molar-refractivity contribution in [2.45, 2.75) is 0 Å². The molecule has 4 aromatic rings. The molecule has 0 saturated carbocycles. The standard InChI is InChI=1S/C10H8ClNO2.C10H9NO2/c1-14-6-2-3-9-7(4-6)10(13)8(11)5-12-9;1-13-7-2-3-9-8(6-7)10(12)4-5-11-9/h2-5H,1H3,(H,12,13);2-6H,1H3,(H,11,12). The predicted octanol–water partition coefficient (Wildman–Crippen LogP) is 3.73. The summed E-state index contributed by atoms with van der Waals surface area (Å²) in [6.07, 6.45) is 3.12. The number of aromatic nitrogens is 2. The first kappa shape index (κ1) is 18.5. The number of aromatic amines is 2. The van der Waals surface area contributed by atoms with Crippen molar-refractivity contribution in [3.05, 3.63) is 80.3 Å². The highest BCUT2D eigenvalue weighted by Gasteiger charge is 2.03. The number of H-pyrrole nitrogens is 2. The van der Waals surface area contributed by atoms with E-state index >= 15 is 0 Å². The molecule has 6 nitrogen and oxygen atoms in total. The first-order valence-electron chi connectivity index (χ1n) is 8.04. The normalized spacial score (nSPS) is 10.3. The van der Waals surface area contributed by atoms with Gasteiger partial charge in [-0.05, 0) is 36.4 Å². The summed E-state index contributed by atoms with van der Waals surface area (Å²) in [4.78, 5) is 28.9. The molecule has 0 aliphatic rings. The van der Waals surface area contributed by atoms with Gasteiger partial charge in [-0.2, -0.15) is 0 Å². The second-order valence-corrected chi connectivity index (χ2v) is 6.04. The fourth-order valence-electron chi connectivity index (χ4n) is 2.58. The Morgan fingerprint density at radius 1 is 0.815 bits per heavy atom. The summed E-state index contributed by atoms with van der Waals surface area (Å²) in [5.74, 6) is 1.34. The molecule has 27 heavy (non-hydrogen) atoms. The van der Waals surface area contributed by atoms with Gasteiger partial charge in [-0.25, -0.2) is 0 Å². The minimum absolute atomic E-state index is 0.00708. The molecule has 0 aliphatic heterocycles. The highest BCUT2D eigenvalue weighted by atomic mass is 35.5. The maximum atomic E-state index is 11.6. The SMILES string of the molecule is COc1ccc2[nH]cc(Cl)c(=O)c2c1.COc1ccc2[nH]ccc(=O)c2c1. The maximum absolute atomic E-state index is 11.6. The fourth-order valence-corrected chi connectivity index (χ4v) is 2.73. The third-order valence-corrected chi connectivity index (χ3v) is 4.29. The number of halogens is 1. The summed E-state index contributed by atoms with van der Waals surface area (Å²) in [6, 6.07) is 12.1. The Morgan fingerprint density at radius 2 is 1.41 bits per heavy atom. The molecule has 2 N–H and O–H groups in total. The second kappa shape index (κ2) is 7.97. The van der Waals surface area contributed by atoms with Crippen molar-refractivity contribution in [1.82, 2.24) is 9.97 Å². The van der Waals surface area contributed by atoms with Crippen molar-refractivity contribution in [1.29, 1.82) is 0 Å². The van der Waals surface area contributed by atoms with Gasteiger partial charge in [-0.3, -0.25) is 9.59 Å². The van der Waals surface area contributed by atoms with Crippen molar-refractivity contribution in [2.75, 3.05) is 14.2 Å². The summed E-state index contributed by atoms with van der Waals surface area (Å²) in [5, 5.41) is 1.38. The lowest BCUT2D eigenvalue weighted by Gasteiger charge is -2.01. The van der Waals surface area contributed by atoms with Gasteiger partial charge in [-0.15, -0.1) is 0 Å². The van der Waals surface area contributed by atoms with E-state index in [9.17, 15) is 9.59 Å². The second-order valence-electron chi connectivity index (χ2n) is 5.63. The molecule has 138 valence electrons. The molecule has 0 unspecified atom stereocenters. The van der Waals surface area contributed by atoms with Crippen LogP contribution in [0.4, 0.5) is 0 Å². The molecule has 0 fully saturated rings. The van der Waals surface area contributed by atoms with E-state index in [1.165, 1.54) is 12.3 Å². The van der Waals surface area contributed by atoms with Crippen LogP contribution in [0, 0.1) is 0 Å². The number of hydrogen-bond donors (Lipinski definition) is 2. The van der Waals surface area contributed by atoms with Gasteiger partial charge < -0.3 is 19.4 Å². The van der Waals surface area contributed by atoms with Crippen LogP contribution in [-0.2, 0) is 0 Å². The quantitative estimate of drug-likeness (QED) is 0.551. The Morgan fingerprint density at radius 3 is 2.04 bits per heavy atom. The Bertz CT molecular complexity index is 1210. The summed E-state index contributed by atoms with van der Waals surface area (Å²) in [7, 11) is 3.14. The minimum Gasteiger partial charge on any atom is -0.497 e. The highest BCUT2D eigenvalue weighted by Crippen LogP contribution is 2.17. The van der Waals surface area contributed by atoms with Crippen LogP contribution in [0.3, 0.4) is 0 Å². The maximum Gasteiger partial charge on any atom is 0.208 e. The molecule has 4 rings (SSSR count). The Balaban J connectivity index is 0.000000156. The smallest absolute Gasteiger partial charge is 0.208 e. The molecule has 2 aromatic heterocycles. The first-order chi connectivity index (χ1) is 13.0. The van der Waals surface area contributed by atoms with Crippen LogP contribution in [0.25, 0.3) is 21.8 Å². The number of rotatable bonds is 2. The van der Waals surface area contributed by atoms with E-state index in [2.05, 4.69) is 9.97 Å². The number of fused-ring (bicyclic) bond motifs is 2. The zero-order valence-electron chi connectivity index (χ0n) is 14.7. The summed E-state index contributed by atoms with van der Waals surface area (Å²) < 4.78 is 10.0. The van der Waals surface area contributed by atoms with Crippen LogP contribution in [0.2, 0.25) is 5.02 Å². The van der Waals surface area contributed by atoms with Crippen molar-refractivity contribution < 1.29 is 9.47 Å². The van der Waals surface area contributed by atoms with Gasteiger partial charge in [0.05, 0.1) is 19.6 Å². The van der Waals surface area contributed by atoms with Gasteiger partial charge in [0.15, 0.2) is 5.43 Å². The van der Waals surface area contributed by atoms with E-state index in [0.717, 1.165) is 11.0 Å². The molecule has 0 spiro atoms. The van der Waals surface area contributed by atoms with E-state index in [0.29, 0.717) is 22.3 Å². The molecule has 0 saturated heterocycles. The predicted molar refractivity (Wildman–Crippen MR) is 107 cm³/mol. The van der Waals surface area contributed by atoms with Crippen LogP contribution in [0.15, 0.2) is 64.4 Å². The molecular formula is C20H17ClN2O4. The lowest BCUT2D eigenvalue weighted by molar-refractivity contribution is 0.415. The molecule has 0 radical (unpaired) electrons.